The van der Waals surface area contributed by atoms with Crippen LogP contribution in [0.2, 0.25) is 0 Å². The monoisotopic (exact) mass is 237 g/mol. The van der Waals surface area contributed by atoms with Crippen LogP contribution in [-0.4, -0.2) is 23.8 Å². The summed E-state index contributed by atoms with van der Waals surface area (Å²) in [5, 5.41) is 14.0. The number of hydrogen-bond acceptors (Lipinski definition) is 2. The van der Waals surface area contributed by atoms with Gasteiger partial charge in [0.1, 0.15) is 0 Å². The molecule has 2 rings (SSSR count). The highest BCUT2D eigenvalue weighted by atomic mass is 16.3. The molecule has 2 N–H and O–H groups in total. The summed E-state index contributed by atoms with van der Waals surface area (Å²) in [5.41, 5.74) is -0.428. The van der Waals surface area contributed by atoms with Crippen LogP contribution in [0.15, 0.2) is 12.2 Å². The predicted molar refractivity (Wildman–Crippen MR) is 71.9 cm³/mol. The summed E-state index contributed by atoms with van der Waals surface area (Å²) in [7, 11) is 0. The maximum Gasteiger partial charge on any atom is 0.0774 e. The highest BCUT2D eigenvalue weighted by molar-refractivity contribution is 4.92. The van der Waals surface area contributed by atoms with Crippen LogP contribution in [0.25, 0.3) is 0 Å². The van der Waals surface area contributed by atoms with Crippen LogP contribution in [-0.2, 0) is 0 Å². The molecule has 0 saturated heterocycles. The van der Waals surface area contributed by atoms with E-state index in [0.717, 1.165) is 31.8 Å². The standard InChI is InChI=1S/C15H27NO/c1-13-6-5-9-15(17,10-13)12-16-11-14-7-3-2-4-8-14/h2-3,13-14,16-17H,4-12H2,1H3. The molecule has 0 aromatic heterocycles. The largest absolute Gasteiger partial charge is 0.389 e. The summed E-state index contributed by atoms with van der Waals surface area (Å²) in [5.74, 6) is 1.47. The summed E-state index contributed by atoms with van der Waals surface area (Å²) in [6.07, 6.45) is 12.8. The number of hydrogen-bond donors (Lipinski definition) is 2. The van der Waals surface area contributed by atoms with Crippen LogP contribution in [0.4, 0.5) is 0 Å². The Balaban J connectivity index is 1.68. The molecule has 0 aliphatic heterocycles. The second-order valence-electron chi connectivity index (χ2n) is 6.21. The number of aliphatic hydroxyl groups is 1. The highest BCUT2D eigenvalue weighted by Crippen LogP contribution is 2.31. The molecule has 0 heterocycles. The van der Waals surface area contributed by atoms with Gasteiger partial charge < -0.3 is 10.4 Å². The summed E-state index contributed by atoms with van der Waals surface area (Å²) < 4.78 is 0. The van der Waals surface area contributed by atoms with Gasteiger partial charge >= 0.3 is 0 Å². The third-order valence-electron chi connectivity index (χ3n) is 4.33. The molecule has 0 spiro atoms. The Morgan fingerprint density at radius 1 is 1.35 bits per heavy atom. The molecule has 3 atom stereocenters. The molecule has 2 heteroatoms. The zero-order valence-electron chi connectivity index (χ0n) is 11.1. The SMILES string of the molecule is CC1CCCC(O)(CNCC2CC=CCC2)C1. The van der Waals surface area contributed by atoms with Crippen molar-refractivity contribution in [1.29, 1.82) is 0 Å². The van der Waals surface area contributed by atoms with Crippen molar-refractivity contribution >= 4 is 0 Å². The van der Waals surface area contributed by atoms with E-state index < -0.39 is 5.60 Å². The van der Waals surface area contributed by atoms with Crippen LogP contribution >= 0.6 is 0 Å². The molecule has 0 aromatic rings. The van der Waals surface area contributed by atoms with Crippen molar-refractivity contribution in [3.8, 4) is 0 Å². The van der Waals surface area contributed by atoms with E-state index in [9.17, 15) is 5.11 Å². The van der Waals surface area contributed by atoms with Crippen molar-refractivity contribution in [1.82, 2.24) is 5.32 Å². The van der Waals surface area contributed by atoms with E-state index in [0.29, 0.717) is 5.92 Å². The fraction of sp³-hybridized carbons (Fsp3) is 0.867. The molecule has 0 aromatic carbocycles. The van der Waals surface area contributed by atoms with Crippen molar-refractivity contribution in [3.05, 3.63) is 12.2 Å². The lowest BCUT2D eigenvalue weighted by Crippen LogP contribution is -2.45. The van der Waals surface area contributed by atoms with Gasteiger partial charge in [0.2, 0.25) is 0 Å². The molecule has 0 radical (unpaired) electrons. The lowest BCUT2D eigenvalue weighted by atomic mass is 9.79. The lowest BCUT2D eigenvalue weighted by molar-refractivity contribution is -0.0122. The number of allylic oxidation sites excluding steroid dienone is 2. The first-order valence-corrected chi connectivity index (χ1v) is 7.26. The topological polar surface area (TPSA) is 32.3 Å². The molecule has 98 valence electrons. The quantitative estimate of drug-likeness (QED) is 0.737. The minimum absolute atomic E-state index is 0.428. The first kappa shape index (κ1) is 13.1. The van der Waals surface area contributed by atoms with E-state index in [-0.39, 0.29) is 0 Å². The molecule has 0 bridgehead atoms. The van der Waals surface area contributed by atoms with Gasteiger partial charge in [-0.2, -0.15) is 0 Å². The highest BCUT2D eigenvalue weighted by Gasteiger charge is 2.32. The normalized spacial score (nSPS) is 38.2. The molecule has 3 unspecified atom stereocenters. The molecular weight excluding hydrogens is 210 g/mol. The smallest absolute Gasteiger partial charge is 0.0774 e. The van der Waals surface area contributed by atoms with Gasteiger partial charge in [0.25, 0.3) is 0 Å². The molecule has 2 nitrogen and oxygen atoms in total. The summed E-state index contributed by atoms with van der Waals surface area (Å²) in [6.45, 7) is 4.12. The van der Waals surface area contributed by atoms with Crippen molar-refractivity contribution < 1.29 is 5.11 Å². The summed E-state index contributed by atoms with van der Waals surface area (Å²) >= 11 is 0. The average molecular weight is 237 g/mol. The Bertz CT molecular complexity index is 264. The van der Waals surface area contributed by atoms with Gasteiger partial charge in [-0.1, -0.05) is 31.9 Å². The zero-order chi connectivity index (χ0) is 12.1. The van der Waals surface area contributed by atoms with Crippen molar-refractivity contribution in [2.24, 2.45) is 11.8 Å². The average Bonchev–Trinajstić information content (AvgIpc) is 2.30. The number of rotatable bonds is 4. The van der Waals surface area contributed by atoms with Gasteiger partial charge in [0.15, 0.2) is 0 Å². The van der Waals surface area contributed by atoms with Gasteiger partial charge in [0.05, 0.1) is 5.60 Å². The Morgan fingerprint density at radius 3 is 2.94 bits per heavy atom. The van der Waals surface area contributed by atoms with E-state index in [2.05, 4.69) is 24.4 Å². The Hall–Kier alpha value is -0.340. The van der Waals surface area contributed by atoms with E-state index in [1.807, 2.05) is 0 Å². The molecule has 2 aliphatic rings. The van der Waals surface area contributed by atoms with Gasteiger partial charge in [0, 0.05) is 6.54 Å². The van der Waals surface area contributed by atoms with Crippen LogP contribution in [0.5, 0.6) is 0 Å². The Labute approximate surface area is 105 Å². The van der Waals surface area contributed by atoms with Crippen LogP contribution in [0.1, 0.15) is 51.9 Å². The van der Waals surface area contributed by atoms with E-state index in [1.54, 1.807) is 0 Å². The predicted octanol–water partition coefficient (Wildman–Crippen LogP) is 2.87. The fourth-order valence-corrected chi connectivity index (χ4v) is 3.34. The van der Waals surface area contributed by atoms with Gasteiger partial charge in [-0.3, -0.25) is 0 Å². The van der Waals surface area contributed by atoms with E-state index >= 15 is 0 Å². The maximum atomic E-state index is 10.5. The molecular formula is C15H27NO. The minimum Gasteiger partial charge on any atom is -0.389 e. The fourth-order valence-electron chi connectivity index (χ4n) is 3.34. The van der Waals surface area contributed by atoms with Crippen LogP contribution in [0, 0.1) is 11.8 Å². The van der Waals surface area contributed by atoms with E-state index in [1.165, 1.54) is 32.1 Å². The van der Waals surface area contributed by atoms with Gasteiger partial charge in [-0.15, -0.1) is 0 Å². The summed E-state index contributed by atoms with van der Waals surface area (Å²) in [4.78, 5) is 0. The molecule has 0 amide bonds. The second-order valence-corrected chi connectivity index (χ2v) is 6.21. The lowest BCUT2D eigenvalue weighted by Gasteiger charge is -2.36. The van der Waals surface area contributed by atoms with Crippen molar-refractivity contribution in [3.63, 3.8) is 0 Å². The zero-order valence-corrected chi connectivity index (χ0v) is 11.1. The third-order valence-corrected chi connectivity index (χ3v) is 4.33. The first-order valence-electron chi connectivity index (χ1n) is 7.26. The van der Waals surface area contributed by atoms with Crippen LogP contribution < -0.4 is 5.32 Å². The Morgan fingerprint density at radius 2 is 2.24 bits per heavy atom. The number of nitrogens with one attached hydrogen (secondary N) is 1. The summed E-state index contributed by atoms with van der Waals surface area (Å²) in [6, 6.07) is 0. The maximum absolute atomic E-state index is 10.5. The van der Waals surface area contributed by atoms with Gasteiger partial charge in [-0.05, 0) is 50.5 Å². The molecule has 17 heavy (non-hydrogen) atoms. The molecule has 2 aliphatic carbocycles. The Kier molecular flexibility index (Phi) is 4.63. The third kappa shape index (κ3) is 4.11. The van der Waals surface area contributed by atoms with Gasteiger partial charge in [-0.25, -0.2) is 0 Å². The minimum atomic E-state index is -0.428. The first-order chi connectivity index (χ1) is 8.18. The van der Waals surface area contributed by atoms with Crippen molar-refractivity contribution in [2.45, 2.75) is 57.5 Å². The second kappa shape index (κ2) is 6.01. The molecule has 1 saturated carbocycles. The molecule has 1 fully saturated rings. The van der Waals surface area contributed by atoms with Crippen molar-refractivity contribution in [2.75, 3.05) is 13.1 Å². The van der Waals surface area contributed by atoms with E-state index in [4.69, 9.17) is 0 Å². The van der Waals surface area contributed by atoms with Crippen LogP contribution in [0.3, 0.4) is 0 Å².